The molecule has 124 valence electrons. The van der Waals surface area contributed by atoms with Crippen molar-refractivity contribution in [3.05, 3.63) is 52.0 Å². The number of amides is 1. The first-order valence-electron chi connectivity index (χ1n) is 7.18. The average molecular weight is 411 g/mol. The topological polar surface area (TPSA) is 55.8 Å². The number of hydrogen-bond acceptors (Lipinski definition) is 4. The third kappa shape index (κ3) is 3.39. The minimum Gasteiger partial charge on any atom is -0.479 e. The first-order valence-corrected chi connectivity index (χ1v) is 8.35. The predicted molar refractivity (Wildman–Crippen MR) is 93.7 cm³/mol. The molecule has 5 nitrogen and oxygen atoms in total. The zero-order valence-electron chi connectivity index (χ0n) is 12.7. The lowest BCUT2D eigenvalue weighted by Crippen LogP contribution is -2.47. The summed E-state index contributed by atoms with van der Waals surface area (Å²) in [6.07, 6.45) is -0.657. The molecular formula is C17H13BrClNO4. The standard InChI is InChI=1S/C17H13BrClNO4/c1-10-17(22)20(13-4-2-3-5-15(13)23-10)9-16(21)24-14-7-6-11(19)8-12(14)18/h2-8,10H,9H2,1H3/t10-/m0/s1. The second-order valence-corrected chi connectivity index (χ2v) is 6.49. The normalized spacial score (nSPS) is 16.4. The van der Waals surface area contributed by atoms with Gasteiger partial charge >= 0.3 is 5.97 Å². The maximum Gasteiger partial charge on any atom is 0.331 e. The minimum atomic E-state index is -0.657. The molecule has 1 heterocycles. The van der Waals surface area contributed by atoms with Gasteiger partial charge in [0.15, 0.2) is 6.10 Å². The monoisotopic (exact) mass is 409 g/mol. The van der Waals surface area contributed by atoms with Gasteiger partial charge in [-0.3, -0.25) is 9.69 Å². The first kappa shape index (κ1) is 16.8. The summed E-state index contributed by atoms with van der Waals surface area (Å²) < 4.78 is 11.4. The van der Waals surface area contributed by atoms with Crippen molar-refractivity contribution in [1.29, 1.82) is 0 Å². The van der Waals surface area contributed by atoms with E-state index in [0.29, 0.717) is 26.7 Å². The number of benzene rings is 2. The summed E-state index contributed by atoms with van der Waals surface area (Å²) in [5, 5.41) is 0.521. The Morgan fingerprint density at radius 1 is 1.33 bits per heavy atom. The van der Waals surface area contributed by atoms with E-state index in [1.54, 1.807) is 43.3 Å². The lowest BCUT2D eigenvalue weighted by molar-refractivity contribution is -0.135. The number of carbonyl (C=O) groups is 2. The summed E-state index contributed by atoms with van der Waals surface area (Å²) in [4.78, 5) is 26.0. The summed E-state index contributed by atoms with van der Waals surface area (Å²) >= 11 is 9.15. The molecule has 2 aromatic rings. The molecule has 0 spiro atoms. The van der Waals surface area contributed by atoms with Crippen LogP contribution in [-0.2, 0) is 9.59 Å². The van der Waals surface area contributed by atoms with Crippen LogP contribution in [0, 0.1) is 0 Å². The minimum absolute atomic E-state index is 0.210. The summed E-state index contributed by atoms with van der Waals surface area (Å²) in [6, 6.07) is 11.9. The Morgan fingerprint density at radius 2 is 2.08 bits per heavy atom. The fourth-order valence-corrected chi connectivity index (χ4v) is 3.13. The maximum absolute atomic E-state index is 12.4. The molecule has 1 atom stereocenters. The van der Waals surface area contributed by atoms with Crippen molar-refractivity contribution in [3.8, 4) is 11.5 Å². The fraction of sp³-hybridized carbons (Fsp3) is 0.176. The zero-order chi connectivity index (χ0) is 17.3. The van der Waals surface area contributed by atoms with Gasteiger partial charge in [0.2, 0.25) is 0 Å². The highest BCUT2D eigenvalue weighted by molar-refractivity contribution is 9.10. The van der Waals surface area contributed by atoms with E-state index in [0.717, 1.165) is 0 Å². The number of carbonyl (C=O) groups excluding carboxylic acids is 2. The van der Waals surface area contributed by atoms with E-state index in [1.165, 1.54) is 4.90 Å². The van der Waals surface area contributed by atoms with Gasteiger partial charge < -0.3 is 9.47 Å². The van der Waals surface area contributed by atoms with E-state index in [-0.39, 0.29) is 12.5 Å². The van der Waals surface area contributed by atoms with Crippen molar-refractivity contribution in [2.24, 2.45) is 0 Å². The second-order valence-electron chi connectivity index (χ2n) is 5.20. The Balaban J connectivity index is 1.79. The van der Waals surface area contributed by atoms with Crippen molar-refractivity contribution in [2.75, 3.05) is 11.4 Å². The number of anilines is 1. The van der Waals surface area contributed by atoms with Crippen LogP contribution in [0.4, 0.5) is 5.69 Å². The van der Waals surface area contributed by atoms with Crippen LogP contribution >= 0.6 is 27.5 Å². The Hall–Kier alpha value is -2.05. The smallest absolute Gasteiger partial charge is 0.331 e. The molecule has 24 heavy (non-hydrogen) atoms. The number of rotatable bonds is 3. The van der Waals surface area contributed by atoms with E-state index in [2.05, 4.69) is 15.9 Å². The molecule has 7 heteroatoms. The molecule has 2 aromatic carbocycles. The number of fused-ring (bicyclic) bond motifs is 1. The molecule has 0 aromatic heterocycles. The first-order chi connectivity index (χ1) is 11.5. The number of hydrogen-bond donors (Lipinski definition) is 0. The van der Waals surface area contributed by atoms with Gasteiger partial charge in [0.05, 0.1) is 10.2 Å². The van der Waals surface area contributed by atoms with E-state index < -0.39 is 12.1 Å². The Bertz CT molecular complexity index is 811. The summed E-state index contributed by atoms with van der Waals surface area (Å²) in [5.41, 5.74) is 0.549. The summed E-state index contributed by atoms with van der Waals surface area (Å²) in [5.74, 6) is 0.0487. The van der Waals surface area contributed by atoms with Gasteiger partial charge in [0.1, 0.15) is 18.0 Å². The van der Waals surface area contributed by atoms with Gasteiger partial charge in [-0.25, -0.2) is 4.79 Å². The average Bonchev–Trinajstić information content (AvgIpc) is 2.54. The molecule has 1 amide bonds. The van der Waals surface area contributed by atoms with Gasteiger partial charge in [-0.2, -0.15) is 0 Å². The number of esters is 1. The highest BCUT2D eigenvalue weighted by Crippen LogP contribution is 2.34. The molecule has 0 fully saturated rings. The lowest BCUT2D eigenvalue weighted by atomic mass is 10.2. The van der Waals surface area contributed by atoms with Gasteiger partial charge in [0.25, 0.3) is 5.91 Å². The molecule has 0 radical (unpaired) electrons. The van der Waals surface area contributed by atoms with Crippen molar-refractivity contribution < 1.29 is 19.1 Å². The quantitative estimate of drug-likeness (QED) is 0.570. The number of para-hydroxylation sites is 2. The third-order valence-corrected chi connectivity index (χ3v) is 4.33. The molecular weight excluding hydrogens is 398 g/mol. The van der Waals surface area contributed by atoms with Crippen LogP contribution in [-0.4, -0.2) is 24.5 Å². The highest BCUT2D eigenvalue weighted by Gasteiger charge is 2.33. The summed E-state index contributed by atoms with van der Waals surface area (Å²) in [6.45, 7) is 1.44. The van der Waals surface area contributed by atoms with Gasteiger partial charge in [-0.15, -0.1) is 0 Å². The molecule has 0 bridgehead atoms. The molecule has 0 unspecified atom stereocenters. The largest absolute Gasteiger partial charge is 0.479 e. The second kappa shape index (κ2) is 6.83. The number of nitrogens with zero attached hydrogens (tertiary/aromatic N) is 1. The van der Waals surface area contributed by atoms with Crippen LogP contribution in [0.1, 0.15) is 6.92 Å². The molecule has 0 saturated carbocycles. The molecule has 0 N–H and O–H groups in total. The van der Waals surface area contributed by atoms with E-state index in [4.69, 9.17) is 21.1 Å². The third-order valence-electron chi connectivity index (χ3n) is 3.48. The molecule has 1 aliphatic heterocycles. The Labute approximate surface area is 152 Å². The molecule has 1 aliphatic rings. The van der Waals surface area contributed by atoms with Crippen LogP contribution in [0.25, 0.3) is 0 Å². The van der Waals surface area contributed by atoms with Crippen LogP contribution in [0.5, 0.6) is 11.5 Å². The summed E-state index contributed by atoms with van der Waals surface area (Å²) in [7, 11) is 0. The van der Waals surface area contributed by atoms with E-state index >= 15 is 0 Å². The van der Waals surface area contributed by atoms with E-state index in [1.807, 2.05) is 6.07 Å². The van der Waals surface area contributed by atoms with Crippen molar-refractivity contribution in [3.63, 3.8) is 0 Å². The maximum atomic E-state index is 12.4. The van der Waals surface area contributed by atoms with Crippen LogP contribution < -0.4 is 14.4 Å². The predicted octanol–water partition coefficient (Wildman–Crippen LogP) is 3.82. The number of halogens is 2. The van der Waals surface area contributed by atoms with Crippen molar-refractivity contribution in [2.45, 2.75) is 13.0 Å². The Kier molecular flexibility index (Phi) is 4.78. The van der Waals surface area contributed by atoms with E-state index in [9.17, 15) is 9.59 Å². The SMILES string of the molecule is C[C@@H]1Oc2ccccc2N(CC(=O)Oc2ccc(Cl)cc2Br)C1=O. The van der Waals surface area contributed by atoms with Crippen LogP contribution in [0.3, 0.4) is 0 Å². The zero-order valence-corrected chi connectivity index (χ0v) is 15.0. The van der Waals surface area contributed by atoms with Gasteiger partial charge in [-0.05, 0) is 53.2 Å². The highest BCUT2D eigenvalue weighted by atomic mass is 79.9. The lowest BCUT2D eigenvalue weighted by Gasteiger charge is -2.32. The van der Waals surface area contributed by atoms with Gasteiger partial charge in [-0.1, -0.05) is 23.7 Å². The van der Waals surface area contributed by atoms with Crippen molar-refractivity contribution >= 4 is 45.1 Å². The van der Waals surface area contributed by atoms with Crippen LogP contribution in [0.15, 0.2) is 46.9 Å². The molecule has 3 rings (SSSR count). The van der Waals surface area contributed by atoms with Gasteiger partial charge in [0, 0.05) is 5.02 Å². The number of ether oxygens (including phenoxy) is 2. The van der Waals surface area contributed by atoms with Crippen LogP contribution in [0.2, 0.25) is 5.02 Å². The molecule has 0 aliphatic carbocycles. The fourth-order valence-electron chi connectivity index (χ4n) is 2.36. The molecule has 0 saturated heterocycles. The van der Waals surface area contributed by atoms with Crippen molar-refractivity contribution in [1.82, 2.24) is 0 Å². The Morgan fingerprint density at radius 3 is 2.83 bits per heavy atom.